The van der Waals surface area contributed by atoms with Crippen LogP contribution in [0.5, 0.6) is 11.5 Å². The number of hydrogen-bond donors (Lipinski definition) is 0. The summed E-state index contributed by atoms with van der Waals surface area (Å²) < 4.78 is 35.2. The fourth-order valence-corrected chi connectivity index (χ4v) is 7.08. The Morgan fingerprint density at radius 1 is 1.03 bits per heavy atom. The number of amidine groups is 1. The SMILES string of the molecule is COc1ccc(CN2C(SCCCc3ccccc3)=N[C@H]3CS(=O)(=O)C[C@@H]32)cc1OC. The molecule has 2 aromatic rings. The monoisotopic (exact) mass is 460 g/mol. The summed E-state index contributed by atoms with van der Waals surface area (Å²) in [6.45, 7) is 0.599. The van der Waals surface area contributed by atoms with Gasteiger partial charge in [0, 0.05) is 12.3 Å². The molecule has 2 atom stereocenters. The van der Waals surface area contributed by atoms with Crippen LogP contribution < -0.4 is 9.47 Å². The maximum atomic E-state index is 12.2. The number of benzene rings is 2. The average molecular weight is 461 g/mol. The molecule has 6 nitrogen and oxygen atoms in total. The van der Waals surface area contributed by atoms with Gasteiger partial charge in [0.1, 0.15) is 0 Å². The molecule has 0 saturated carbocycles. The van der Waals surface area contributed by atoms with Gasteiger partial charge in [-0.25, -0.2) is 8.42 Å². The van der Waals surface area contributed by atoms with Crippen molar-refractivity contribution in [2.75, 3.05) is 31.5 Å². The van der Waals surface area contributed by atoms with E-state index in [4.69, 9.17) is 14.5 Å². The summed E-state index contributed by atoms with van der Waals surface area (Å²) in [5.74, 6) is 2.61. The van der Waals surface area contributed by atoms with Gasteiger partial charge in [0.25, 0.3) is 0 Å². The van der Waals surface area contributed by atoms with Crippen molar-refractivity contribution < 1.29 is 17.9 Å². The fourth-order valence-electron chi connectivity index (χ4n) is 4.15. The standard InChI is InChI=1S/C23H28N2O4S2/c1-28-21-11-10-18(13-22(21)29-2)14-25-20-16-31(26,27)15-19(20)24-23(25)30-12-6-9-17-7-4-3-5-8-17/h3-5,7-8,10-11,13,19-20H,6,9,12,14-16H2,1-2H3/t19-,20-/m0/s1. The van der Waals surface area contributed by atoms with Crippen LogP contribution in [0.15, 0.2) is 53.5 Å². The molecule has 1 fully saturated rings. The highest BCUT2D eigenvalue weighted by atomic mass is 32.2. The van der Waals surface area contributed by atoms with Crippen molar-refractivity contribution in [3.63, 3.8) is 0 Å². The molecule has 2 aromatic carbocycles. The molecule has 0 aliphatic carbocycles. The number of nitrogens with zero attached hydrogens (tertiary/aromatic N) is 2. The summed E-state index contributed by atoms with van der Waals surface area (Å²) in [6.07, 6.45) is 2.07. The van der Waals surface area contributed by atoms with Crippen molar-refractivity contribution in [1.29, 1.82) is 0 Å². The van der Waals surface area contributed by atoms with Gasteiger partial charge in [-0.1, -0.05) is 48.2 Å². The van der Waals surface area contributed by atoms with Gasteiger partial charge in [0.15, 0.2) is 26.5 Å². The molecule has 166 valence electrons. The maximum absolute atomic E-state index is 12.2. The van der Waals surface area contributed by atoms with E-state index < -0.39 is 9.84 Å². The third-order valence-electron chi connectivity index (χ3n) is 5.70. The molecule has 0 amide bonds. The Hall–Kier alpha value is -2.19. The molecule has 0 aromatic heterocycles. The highest BCUT2D eigenvalue weighted by Crippen LogP contribution is 2.34. The zero-order valence-electron chi connectivity index (χ0n) is 17.9. The number of ether oxygens (including phenoxy) is 2. The van der Waals surface area contributed by atoms with Gasteiger partial charge in [-0.15, -0.1) is 0 Å². The summed E-state index contributed by atoms with van der Waals surface area (Å²) in [7, 11) is 0.190. The van der Waals surface area contributed by atoms with Crippen molar-refractivity contribution in [3.05, 3.63) is 59.7 Å². The summed E-state index contributed by atoms with van der Waals surface area (Å²) in [5, 5.41) is 0.952. The lowest BCUT2D eigenvalue weighted by molar-refractivity contribution is 0.337. The average Bonchev–Trinajstić information content (AvgIpc) is 3.23. The van der Waals surface area contributed by atoms with E-state index in [1.165, 1.54) is 5.56 Å². The molecule has 8 heteroatoms. The summed E-state index contributed by atoms with van der Waals surface area (Å²) >= 11 is 1.73. The van der Waals surface area contributed by atoms with Crippen molar-refractivity contribution in [2.24, 2.45) is 4.99 Å². The molecule has 0 bridgehead atoms. The van der Waals surface area contributed by atoms with Crippen LogP contribution in [0.25, 0.3) is 0 Å². The number of methoxy groups -OCH3 is 2. The lowest BCUT2D eigenvalue weighted by atomic mass is 10.1. The first-order valence-corrected chi connectivity index (χ1v) is 13.2. The second-order valence-corrected chi connectivity index (χ2v) is 11.1. The van der Waals surface area contributed by atoms with E-state index in [9.17, 15) is 8.42 Å². The van der Waals surface area contributed by atoms with Gasteiger partial charge in [0.2, 0.25) is 0 Å². The first-order valence-electron chi connectivity index (χ1n) is 10.4. The van der Waals surface area contributed by atoms with Crippen molar-refractivity contribution in [2.45, 2.75) is 31.5 Å². The minimum atomic E-state index is -3.04. The van der Waals surface area contributed by atoms with E-state index in [2.05, 4.69) is 29.2 Å². The van der Waals surface area contributed by atoms with E-state index >= 15 is 0 Å². The molecular weight excluding hydrogens is 432 g/mol. The van der Waals surface area contributed by atoms with Crippen LogP contribution in [-0.4, -0.2) is 62.0 Å². The predicted octanol–water partition coefficient (Wildman–Crippen LogP) is 3.41. The van der Waals surface area contributed by atoms with Crippen molar-refractivity contribution in [1.82, 2.24) is 4.90 Å². The second kappa shape index (κ2) is 9.53. The van der Waals surface area contributed by atoms with Gasteiger partial charge in [-0.3, -0.25) is 4.99 Å². The molecular formula is C23H28N2O4S2. The number of thioether (sulfide) groups is 1. The summed E-state index contributed by atoms with van der Waals surface area (Å²) in [4.78, 5) is 6.98. The third kappa shape index (κ3) is 5.18. The second-order valence-electron chi connectivity index (χ2n) is 7.88. The van der Waals surface area contributed by atoms with Crippen LogP contribution in [0.1, 0.15) is 17.5 Å². The zero-order valence-corrected chi connectivity index (χ0v) is 19.5. The predicted molar refractivity (Wildman–Crippen MR) is 126 cm³/mol. The Labute approximate surface area is 188 Å². The van der Waals surface area contributed by atoms with Crippen LogP contribution in [0, 0.1) is 0 Å². The van der Waals surface area contributed by atoms with Gasteiger partial charge in [0.05, 0.1) is 37.8 Å². The summed E-state index contributed by atoms with van der Waals surface area (Å²) in [6, 6.07) is 16.0. The topological polar surface area (TPSA) is 68.2 Å². The smallest absolute Gasteiger partial charge is 0.161 e. The summed E-state index contributed by atoms with van der Waals surface area (Å²) in [5.41, 5.74) is 2.38. The number of hydrogen-bond acceptors (Lipinski definition) is 7. The molecule has 0 N–H and O–H groups in total. The van der Waals surface area contributed by atoms with Crippen molar-refractivity contribution in [3.8, 4) is 11.5 Å². The Morgan fingerprint density at radius 3 is 2.55 bits per heavy atom. The minimum absolute atomic E-state index is 0.0882. The lowest BCUT2D eigenvalue weighted by Crippen LogP contribution is -2.38. The molecule has 2 heterocycles. The van der Waals surface area contributed by atoms with Crippen LogP contribution >= 0.6 is 11.8 Å². The highest BCUT2D eigenvalue weighted by Gasteiger charge is 2.46. The van der Waals surface area contributed by atoms with Gasteiger partial charge in [-0.2, -0.15) is 0 Å². The van der Waals surface area contributed by atoms with Crippen LogP contribution in [0.2, 0.25) is 0 Å². The van der Waals surface area contributed by atoms with Gasteiger partial charge in [-0.05, 0) is 36.1 Å². The minimum Gasteiger partial charge on any atom is -0.493 e. The molecule has 2 aliphatic heterocycles. The molecule has 4 rings (SSSR count). The Morgan fingerprint density at radius 2 is 1.81 bits per heavy atom. The zero-order chi connectivity index (χ0) is 21.8. The van der Waals surface area contributed by atoms with Crippen LogP contribution in [-0.2, 0) is 22.8 Å². The molecule has 2 aliphatic rings. The Kier molecular flexibility index (Phi) is 6.77. The van der Waals surface area contributed by atoms with E-state index in [1.807, 2.05) is 24.3 Å². The Balaban J connectivity index is 1.45. The molecule has 0 unspecified atom stereocenters. The van der Waals surface area contributed by atoms with E-state index in [0.717, 1.165) is 29.3 Å². The van der Waals surface area contributed by atoms with Gasteiger partial charge >= 0.3 is 0 Å². The number of sulfone groups is 1. The maximum Gasteiger partial charge on any atom is 0.161 e. The van der Waals surface area contributed by atoms with Gasteiger partial charge < -0.3 is 14.4 Å². The first-order chi connectivity index (χ1) is 15.0. The first kappa shape index (κ1) is 22.0. The third-order valence-corrected chi connectivity index (χ3v) is 8.49. The molecule has 1 saturated heterocycles. The van der Waals surface area contributed by atoms with E-state index in [1.54, 1.807) is 26.0 Å². The fraction of sp³-hybridized carbons (Fsp3) is 0.435. The van der Waals surface area contributed by atoms with Crippen LogP contribution in [0.3, 0.4) is 0 Å². The molecule has 0 radical (unpaired) electrons. The van der Waals surface area contributed by atoms with E-state index in [-0.39, 0.29) is 23.6 Å². The number of aryl methyl sites for hydroxylation is 1. The number of aliphatic imine (C=N–C) groups is 1. The largest absolute Gasteiger partial charge is 0.493 e. The lowest BCUT2D eigenvalue weighted by Gasteiger charge is -2.26. The Bertz CT molecular complexity index is 1040. The quantitative estimate of drug-likeness (QED) is 0.563. The normalized spacial score (nSPS) is 21.6. The number of rotatable bonds is 8. The van der Waals surface area contributed by atoms with Crippen LogP contribution in [0.4, 0.5) is 0 Å². The van der Waals surface area contributed by atoms with Crippen molar-refractivity contribution >= 4 is 26.8 Å². The highest BCUT2D eigenvalue weighted by molar-refractivity contribution is 8.13. The number of fused-ring (bicyclic) bond motifs is 1. The molecule has 31 heavy (non-hydrogen) atoms. The van der Waals surface area contributed by atoms with E-state index in [0.29, 0.717) is 18.0 Å². The molecule has 0 spiro atoms.